The van der Waals surface area contributed by atoms with Crippen LogP contribution in [0.5, 0.6) is 11.5 Å². The smallest absolute Gasteiger partial charge is 0.277 e. The van der Waals surface area contributed by atoms with E-state index < -0.39 is 5.91 Å². The first-order valence-corrected chi connectivity index (χ1v) is 6.27. The fourth-order valence-corrected chi connectivity index (χ4v) is 2.40. The van der Waals surface area contributed by atoms with Gasteiger partial charge in [0.1, 0.15) is 13.2 Å². The fourth-order valence-electron chi connectivity index (χ4n) is 1.72. The largest absolute Gasteiger partial charge is 0.486 e. The molecule has 3 rings (SSSR count). The van der Waals surface area contributed by atoms with Crippen LogP contribution in [-0.2, 0) is 0 Å². The maximum atomic E-state index is 11.0. The molecule has 1 amide bonds. The van der Waals surface area contributed by atoms with Gasteiger partial charge in [-0.1, -0.05) is 0 Å². The lowest BCUT2D eigenvalue weighted by Gasteiger charge is -2.18. The van der Waals surface area contributed by atoms with Crippen LogP contribution in [0.15, 0.2) is 23.6 Å². The summed E-state index contributed by atoms with van der Waals surface area (Å²) in [5.41, 5.74) is 6.77. The molecule has 0 unspecified atom stereocenters. The highest BCUT2D eigenvalue weighted by atomic mass is 32.1. The van der Waals surface area contributed by atoms with Crippen molar-refractivity contribution in [2.75, 3.05) is 13.2 Å². The molecule has 1 aromatic carbocycles. The lowest BCUT2D eigenvalue weighted by atomic mass is 10.1. The Morgan fingerprint density at radius 1 is 1.28 bits per heavy atom. The molecule has 18 heavy (non-hydrogen) atoms. The molecule has 0 saturated heterocycles. The number of amides is 1. The van der Waals surface area contributed by atoms with Crippen molar-refractivity contribution in [3.8, 4) is 22.8 Å². The summed E-state index contributed by atoms with van der Waals surface area (Å²) in [6, 6.07) is 5.58. The van der Waals surface area contributed by atoms with Crippen LogP contribution in [0.1, 0.15) is 9.80 Å². The Morgan fingerprint density at radius 2 is 2.06 bits per heavy atom. The number of hydrogen-bond acceptors (Lipinski definition) is 5. The van der Waals surface area contributed by atoms with E-state index in [1.54, 1.807) is 5.38 Å². The molecule has 2 N–H and O–H groups in total. The summed E-state index contributed by atoms with van der Waals surface area (Å²) in [6.07, 6.45) is 0. The van der Waals surface area contributed by atoms with Gasteiger partial charge >= 0.3 is 0 Å². The van der Waals surface area contributed by atoms with Crippen LogP contribution in [0, 0.1) is 0 Å². The molecule has 6 heteroatoms. The molecule has 1 aromatic heterocycles. The summed E-state index contributed by atoms with van der Waals surface area (Å²) in [6.45, 7) is 1.11. The number of thiazole rings is 1. The normalized spacial score (nSPS) is 13.3. The molecule has 0 aliphatic carbocycles. The maximum Gasteiger partial charge on any atom is 0.277 e. The highest BCUT2D eigenvalue weighted by Gasteiger charge is 2.14. The van der Waals surface area contributed by atoms with Crippen molar-refractivity contribution in [2.24, 2.45) is 5.73 Å². The van der Waals surface area contributed by atoms with Crippen molar-refractivity contribution in [3.05, 3.63) is 28.6 Å². The number of nitrogens with two attached hydrogens (primary N) is 1. The summed E-state index contributed by atoms with van der Waals surface area (Å²) < 4.78 is 10.9. The summed E-state index contributed by atoms with van der Waals surface area (Å²) in [5, 5.41) is 2.10. The Morgan fingerprint density at radius 3 is 2.78 bits per heavy atom. The average molecular weight is 262 g/mol. The third-order valence-electron chi connectivity index (χ3n) is 2.55. The Balaban J connectivity index is 1.98. The van der Waals surface area contributed by atoms with Crippen molar-refractivity contribution in [1.29, 1.82) is 0 Å². The van der Waals surface area contributed by atoms with Crippen molar-refractivity contribution in [3.63, 3.8) is 0 Å². The zero-order valence-electron chi connectivity index (χ0n) is 9.38. The first-order chi connectivity index (χ1) is 8.74. The van der Waals surface area contributed by atoms with Gasteiger partial charge in [0.25, 0.3) is 5.91 Å². The van der Waals surface area contributed by atoms with Gasteiger partial charge in [0.15, 0.2) is 16.5 Å². The van der Waals surface area contributed by atoms with Crippen LogP contribution in [-0.4, -0.2) is 24.1 Å². The highest BCUT2D eigenvalue weighted by Crippen LogP contribution is 2.34. The van der Waals surface area contributed by atoms with Gasteiger partial charge in [0.05, 0.1) is 5.69 Å². The minimum Gasteiger partial charge on any atom is -0.486 e. The Bertz CT molecular complexity index is 609. The van der Waals surface area contributed by atoms with E-state index in [-0.39, 0.29) is 0 Å². The molecule has 0 spiro atoms. The average Bonchev–Trinajstić information content (AvgIpc) is 2.88. The van der Waals surface area contributed by atoms with E-state index in [2.05, 4.69) is 4.98 Å². The third-order valence-corrected chi connectivity index (χ3v) is 3.41. The molecule has 0 fully saturated rings. The number of fused-ring (bicyclic) bond motifs is 1. The first-order valence-electron chi connectivity index (χ1n) is 5.39. The van der Waals surface area contributed by atoms with Gasteiger partial charge in [-0.05, 0) is 18.2 Å². The van der Waals surface area contributed by atoms with Crippen LogP contribution in [0.4, 0.5) is 0 Å². The second-order valence-electron chi connectivity index (χ2n) is 3.76. The Hall–Kier alpha value is -2.08. The number of benzene rings is 1. The second-order valence-corrected chi connectivity index (χ2v) is 4.62. The number of primary amides is 1. The van der Waals surface area contributed by atoms with E-state index in [4.69, 9.17) is 15.2 Å². The monoisotopic (exact) mass is 262 g/mol. The summed E-state index contributed by atoms with van der Waals surface area (Å²) in [4.78, 5) is 15.2. The van der Waals surface area contributed by atoms with Crippen LogP contribution >= 0.6 is 11.3 Å². The standard InChI is InChI=1S/C12H10N2O3S/c13-11(15)12-14-8(6-18-12)7-1-2-9-10(5-7)17-4-3-16-9/h1-2,5-6H,3-4H2,(H2,13,15). The number of rotatable bonds is 2. The number of carbonyl (C=O) groups excluding carboxylic acids is 1. The zero-order chi connectivity index (χ0) is 12.5. The van der Waals surface area contributed by atoms with Crippen molar-refractivity contribution < 1.29 is 14.3 Å². The van der Waals surface area contributed by atoms with Crippen molar-refractivity contribution >= 4 is 17.2 Å². The molecule has 0 atom stereocenters. The summed E-state index contributed by atoms with van der Waals surface area (Å²) in [7, 11) is 0. The Kier molecular flexibility index (Phi) is 2.64. The molecule has 5 nitrogen and oxygen atoms in total. The number of carbonyl (C=O) groups is 1. The van der Waals surface area contributed by atoms with Crippen LogP contribution in [0.3, 0.4) is 0 Å². The van der Waals surface area contributed by atoms with E-state index in [9.17, 15) is 4.79 Å². The minimum atomic E-state index is -0.510. The molecule has 0 radical (unpaired) electrons. The van der Waals surface area contributed by atoms with E-state index in [0.29, 0.717) is 29.7 Å². The molecule has 2 aromatic rings. The maximum absolute atomic E-state index is 11.0. The lowest BCUT2D eigenvalue weighted by molar-refractivity contribution is 0.1000. The number of hydrogen-bond donors (Lipinski definition) is 1. The first kappa shape index (κ1) is 11.0. The van der Waals surface area contributed by atoms with Crippen LogP contribution < -0.4 is 15.2 Å². The molecule has 1 aliphatic rings. The number of nitrogens with zero attached hydrogens (tertiary/aromatic N) is 1. The number of ether oxygens (including phenoxy) is 2. The third kappa shape index (κ3) is 1.91. The predicted molar refractivity (Wildman–Crippen MR) is 67.1 cm³/mol. The van der Waals surface area contributed by atoms with Crippen LogP contribution in [0.25, 0.3) is 11.3 Å². The predicted octanol–water partition coefficient (Wildman–Crippen LogP) is 1.68. The molecule has 2 heterocycles. The molecule has 0 saturated carbocycles. The van der Waals surface area contributed by atoms with Crippen molar-refractivity contribution in [2.45, 2.75) is 0 Å². The SMILES string of the molecule is NC(=O)c1nc(-c2ccc3c(c2)OCCO3)cs1. The van der Waals surface area contributed by atoms with Gasteiger partial charge in [0.2, 0.25) is 0 Å². The molecule has 1 aliphatic heterocycles. The van der Waals surface area contributed by atoms with Gasteiger partial charge < -0.3 is 15.2 Å². The van der Waals surface area contributed by atoms with E-state index in [1.165, 1.54) is 11.3 Å². The van der Waals surface area contributed by atoms with Gasteiger partial charge in [-0.3, -0.25) is 4.79 Å². The molecular formula is C12H10N2O3S. The minimum absolute atomic E-state index is 0.305. The van der Waals surface area contributed by atoms with Gasteiger partial charge in [-0.2, -0.15) is 0 Å². The van der Waals surface area contributed by atoms with Gasteiger partial charge in [-0.25, -0.2) is 4.98 Å². The second kappa shape index (κ2) is 4.30. The fraction of sp³-hybridized carbons (Fsp3) is 0.167. The van der Waals surface area contributed by atoms with Gasteiger partial charge in [-0.15, -0.1) is 11.3 Å². The van der Waals surface area contributed by atoms with E-state index >= 15 is 0 Å². The van der Waals surface area contributed by atoms with Crippen LogP contribution in [0.2, 0.25) is 0 Å². The number of aromatic nitrogens is 1. The van der Waals surface area contributed by atoms with Gasteiger partial charge in [0, 0.05) is 10.9 Å². The quantitative estimate of drug-likeness (QED) is 0.893. The molecule has 0 bridgehead atoms. The lowest BCUT2D eigenvalue weighted by Crippen LogP contribution is -2.15. The topological polar surface area (TPSA) is 74.4 Å². The van der Waals surface area contributed by atoms with E-state index in [0.717, 1.165) is 11.3 Å². The zero-order valence-corrected chi connectivity index (χ0v) is 10.2. The van der Waals surface area contributed by atoms with Crippen molar-refractivity contribution in [1.82, 2.24) is 4.98 Å². The Labute approximate surface area is 107 Å². The molecule has 92 valence electrons. The summed E-state index contributed by atoms with van der Waals surface area (Å²) in [5.74, 6) is 0.923. The summed E-state index contributed by atoms with van der Waals surface area (Å²) >= 11 is 1.23. The van der Waals surface area contributed by atoms with E-state index in [1.807, 2.05) is 18.2 Å². The molecular weight excluding hydrogens is 252 g/mol. The highest BCUT2D eigenvalue weighted by molar-refractivity contribution is 7.12.